The van der Waals surface area contributed by atoms with Crippen LogP contribution in [0.2, 0.25) is 0 Å². The van der Waals surface area contributed by atoms with Gasteiger partial charge >= 0.3 is 0 Å². The van der Waals surface area contributed by atoms with E-state index in [4.69, 9.17) is 0 Å². The van der Waals surface area contributed by atoms with Crippen molar-refractivity contribution in [2.45, 2.75) is 45.6 Å². The van der Waals surface area contributed by atoms with Crippen molar-refractivity contribution in [3.05, 3.63) is 10.6 Å². The molecule has 0 aromatic carbocycles. The number of hydrogen-bond acceptors (Lipinski definition) is 5. The van der Waals surface area contributed by atoms with Crippen LogP contribution in [0.25, 0.3) is 0 Å². The number of rotatable bonds is 6. The third-order valence-electron chi connectivity index (χ3n) is 3.27. The molecule has 0 spiro atoms. The molecule has 1 aliphatic carbocycles. The van der Waals surface area contributed by atoms with Crippen LogP contribution in [0.3, 0.4) is 0 Å². The van der Waals surface area contributed by atoms with Gasteiger partial charge in [0.15, 0.2) is 5.13 Å². The maximum Gasteiger partial charge on any atom is 0.240 e. The number of anilines is 1. The van der Waals surface area contributed by atoms with Gasteiger partial charge in [-0.1, -0.05) is 6.92 Å². The zero-order valence-corrected chi connectivity index (χ0v) is 13.2. The maximum absolute atomic E-state index is 12.0. The first kappa shape index (κ1) is 15.4. The van der Waals surface area contributed by atoms with Gasteiger partial charge in [-0.2, -0.15) is 0 Å². The van der Waals surface area contributed by atoms with Crippen LogP contribution in [0.5, 0.6) is 0 Å². The number of amides is 1. The minimum absolute atomic E-state index is 0.0662. The molecular weight excluding hydrogens is 274 g/mol. The van der Waals surface area contributed by atoms with Crippen LogP contribution in [0, 0.1) is 0 Å². The first-order valence-electron chi connectivity index (χ1n) is 7.10. The summed E-state index contributed by atoms with van der Waals surface area (Å²) in [4.78, 5) is 19.7. The number of carbonyl (C=O) groups excluding carboxylic acids is 1. The number of nitrogens with one attached hydrogen (secondary N) is 1. The fourth-order valence-electron chi connectivity index (χ4n) is 2.43. The van der Waals surface area contributed by atoms with Gasteiger partial charge in [-0.25, -0.2) is 4.98 Å². The zero-order valence-electron chi connectivity index (χ0n) is 12.4. The topological polar surface area (TPSA) is 65.5 Å². The van der Waals surface area contributed by atoms with Crippen molar-refractivity contribution in [1.82, 2.24) is 9.88 Å². The molecular formula is C14H23N3O2S. The Labute approximate surface area is 124 Å². The van der Waals surface area contributed by atoms with E-state index in [1.54, 1.807) is 25.2 Å². The average Bonchev–Trinajstić information content (AvgIpc) is 2.86. The highest BCUT2D eigenvalue weighted by molar-refractivity contribution is 7.15. The predicted octanol–water partition coefficient (Wildman–Crippen LogP) is 1.66. The molecule has 0 unspecified atom stereocenters. The predicted molar refractivity (Wildman–Crippen MR) is 81.2 cm³/mol. The molecule has 0 fully saturated rings. The zero-order chi connectivity index (χ0) is 14.8. The third-order valence-corrected chi connectivity index (χ3v) is 4.34. The van der Waals surface area contributed by atoms with E-state index in [0.717, 1.165) is 25.1 Å². The fraction of sp³-hybridized carbons (Fsp3) is 0.714. The molecule has 2 rings (SSSR count). The van der Waals surface area contributed by atoms with Gasteiger partial charge < -0.3 is 10.4 Å². The van der Waals surface area contributed by atoms with E-state index in [1.165, 1.54) is 11.3 Å². The second-order valence-electron chi connectivity index (χ2n) is 5.91. The molecule has 20 heavy (non-hydrogen) atoms. The summed E-state index contributed by atoms with van der Waals surface area (Å²) >= 11 is 1.59. The van der Waals surface area contributed by atoms with Crippen molar-refractivity contribution in [2.75, 3.05) is 25.0 Å². The SMILES string of the molecule is CCN(CC(=O)Nc1nc2c(s1)CCC2)CC(C)(C)O. The molecule has 0 radical (unpaired) electrons. The quantitative estimate of drug-likeness (QED) is 0.838. The number of aryl methyl sites for hydroxylation is 2. The number of aromatic nitrogens is 1. The summed E-state index contributed by atoms with van der Waals surface area (Å²) in [6, 6.07) is 0. The Morgan fingerprint density at radius 1 is 1.50 bits per heavy atom. The van der Waals surface area contributed by atoms with E-state index >= 15 is 0 Å². The normalized spacial score (nSPS) is 14.7. The van der Waals surface area contributed by atoms with Gasteiger partial charge in [-0.15, -0.1) is 11.3 Å². The molecule has 1 amide bonds. The van der Waals surface area contributed by atoms with Crippen molar-refractivity contribution in [3.63, 3.8) is 0 Å². The summed E-state index contributed by atoms with van der Waals surface area (Å²) < 4.78 is 0. The summed E-state index contributed by atoms with van der Waals surface area (Å²) in [5, 5.41) is 13.4. The molecule has 6 heteroatoms. The lowest BCUT2D eigenvalue weighted by atomic mass is 10.1. The Morgan fingerprint density at radius 2 is 2.25 bits per heavy atom. The highest BCUT2D eigenvalue weighted by atomic mass is 32.1. The molecule has 0 saturated heterocycles. The van der Waals surface area contributed by atoms with Gasteiger partial charge in [0.1, 0.15) is 0 Å². The Hall–Kier alpha value is -0.980. The number of likely N-dealkylation sites (N-methyl/N-ethyl adjacent to an activating group) is 1. The fourth-order valence-corrected chi connectivity index (χ4v) is 3.50. The second-order valence-corrected chi connectivity index (χ2v) is 6.99. The minimum atomic E-state index is -0.793. The second kappa shape index (κ2) is 6.20. The lowest BCUT2D eigenvalue weighted by molar-refractivity contribution is -0.117. The highest BCUT2D eigenvalue weighted by Gasteiger charge is 2.21. The van der Waals surface area contributed by atoms with Crippen LogP contribution >= 0.6 is 11.3 Å². The first-order valence-corrected chi connectivity index (χ1v) is 7.92. The van der Waals surface area contributed by atoms with Gasteiger partial charge in [0.2, 0.25) is 5.91 Å². The third kappa shape index (κ3) is 4.26. The Bertz CT molecular complexity index is 458. The molecule has 1 aromatic heterocycles. The summed E-state index contributed by atoms with van der Waals surface area (Å²) in [5.74, 6) is -0.0662. The number of nitrogens with zero attached hydrogens (tertiary/aromatic N) is 2. The highest BCUT2D eigenvalue weighted by Crippen LogP contribution is 2.30. The largest absolute Gasteiger partial charge is 0.389 e. The Balaban J connectivity index is 1.87. The number of carbonyl (C=O) groups is 1. The molecule has 2 N–H and O–H groups in total. The summed E-state index contributed by atoms with van der Waals surface area (Å²) in [7, 11) is 0. The molecule has 5 nitrogen and oxygen atoms in total. The van der Waals surface area contributed by atoms with Crippen molar-refractivity contribution in [3.8, 4) is 0 Å². The van der Waals surface area contributed by atoms with E-state index in [9.17, 15) is 9.90 Å². The van der Waals surface area contributed by atoms with Crippen LogP contribution in [-0.2, 0) is 17.6 Å². The molecule has 1 aromatic rings. The average molecular weight is 297 g/mol. The number of aliphatic hydroxyl groups is 1. The van der Waals surface area contributed by atoms with Crippen LogP contribution in [0.4, 0.5) is 5.13 Å². The van der Waals surface area contributed by atoms with E-state index in [2.05, 4.69) is 10.3 Å². The minimum Gasteiger partial charge on any atom is -0.389 e. The monoisotopic (exact) mass is 297 g/mol. The van der Waals surface area contributed by atoms with Gasteiger partial charge in [0.25, 0.3) is 0 Å². The molecule has 112 valence electrons. The van der Waals surface area contributed by atoms with Gasteiger partial charge in [0, 0.05) is 11.4 Å². The molecule has 1 heterocycles. The number of fused-ring (bicyclic) bond motifs is 1. The first-order chi connectivity index (χ1) is 9.37. The Kier molecular flexibility index (Phi) is 4.78. The van der Waals surface area contributed by atoms with Crippen molar-refractivity contribution in [1.29, 1.82) is 0 Å². The molecule has 0 atom stereocenters. The van der Waals surface area contributed by atoms with Gasteiger partial charge in [-0.3, -0.25) is 9.69 Å². The van der Waals surface area contributed by atoms with E-state index in [1.807, 2.05) is 11.8 Å². The number of thiazole rings is 1. The smallest absolute Gasteiger partial charge is 0.240 e. The van der Waals surface area contributed by atoms with Crippen LogP contribution in [0.1, 0.15) is 37.8 Å². The molecule has 0 aliphatic heterocycles. The standard InChI is InChI=1S/C14H23N3O2S/c1-4-17(9-14(2,3)19)8-12(18)16-13-15-10-6-5-7-11(10)20-13/h19H,4-9H2,1-3H3,(H,15,16,18). The van der Waals surface area contributed by atoms with Crippen LogP contribution in [-0.4, -0.2) is 46.1 Å². The van der Waals surface area contributed by atoms with Crippen molar-refractivity contribution >= 4 is 22.4 Å². The van der Waals surface area contributed by atoms with Crippen molar-refractivity contribution in [2.24, 2.45) is 0 Å². The Morgan fingerprint density at radius 3 is 2.85 bits per heavy atom. The van der Waals surface area contributed by atoms with E-state index in [-0.39, 0.29) is 12.5 Å². The summed E-state index contributed by atoms with van der Waals surface area (Å²) in [6.45, 7) is 6.97. The molecule has 0 bridgehead atoms. The van der Waals surface area contributed by atoms with E-state index in [0.29, 0.717) is 11.7 Å². The van der Waals surface area contributed by atoms with Crippen molar-refractivity contribution < 1.29 is 9.90 Å². The van der Waals surface area contributed by atoms with E-state index < -0.39 is 5.60 Å². The summed E-state index contributed by atoms with van der Waals surface area (Å²) in [6.07, 6.45) is 3.29. The van der Waals surface area contributed by atoms with Crippen LogP contribution in [0.15, 0.2) is 0 Å². The lowest BCUT2D eigenvalue weighted by Crippen LogP contribution is -2.42. The molecule has 0 saturated carbocycles. The van der Waals surface area contributed by atoms with Gasteiger partial charge in [0.05, 0.1) is 17.8 Å². The lowest BCUT2D eigenvalue weighted by Gasteiger charge is -2.27. The molecule has 1 aliphatic rings. The van der Waals surface area contributed by atoms with Crippen LogP contribution < -0.4 is 5.32 Å². The maximum atomic E-state index is 12.0. The number of hydrogen-bond donors (Lipinski definition) is 2. The summed E-state index contributed by atoms with van der Waals surface area (Å²) in [5.41, 5.74) is 0.354. The van der Waals surface area contributed by atoms with Gasteiger partial charge in [-0.05, 0) is 39.7 Å².